The van der Waals surface area contributed by atoms with E-state index in [0.717, 1.165) is 12.2 Å². The standard InChI is InChI=1S/C11H19N5O2S/c1-7(2)3-16(5-9(12)17)4-8-6-19-11(14-8)10(18)15-13/h6-7H,3-5,13H2,1-2H3,(H2,12,17)(H,15,18). The van der Waals surface area contributed by atoms with E-state index in [4.69, 9.17) is 11.6 Å². The fraction of sp³-hybridized carbons (Fsp3) is 0.545. The van der Waals surface area contributed by atoms with Gasteiger partial charge in [-0.1, -0.05) is 13.8 Å². The molecule has 0 fully saturated rings. The summed E-state index contributed by atoms with van der Waals surface area (Å²) < 4.78 is 0. The van der Waals surface area contributed by atoms with Crippen LogP contribution in [0.15, 0.2) is 5.38 Å². The third kappa shape index (κ3) is 5.33. The highest BCUT2D eigenvalue weighted by Crippen LogP contribution is 2.12. The minimum atomic E-state index is -0.415. The van der Waals surface area contributed by atoms with Crippen LogP contribution >= 0.6 is 11.3 Å². The topological polar surface area (TPSA) is 114 Å². The Morgan fingerprint density at radius 3 is 2.74 bits per heavy atom. The van der Waals surface area contributed by atoms with Crippen molar-refractivity contribution in [3.05, 3.63) is 16.1 Å². The Morgan fingerprint density at radius 1 is 1.53 bits per heavy atom. The van der Waals surface area contributed by atoms with E-state index in [9.17, 15) is 9.59 Å². The van der Waals surface area contributed by atoms with Crippen molar-refractivity contribution in [2.75, 3.05) is 13.1 Å². The maximum absolute atomic E-state index is 11.3. The van der Waals surface area contributed by atoms with E-state index >= 15 is 0 Å². The summed E-state index contributed by atoms with van der Waals surface area (Å²) in [5.41, 5.74) is 7.98. The van der Waals surface area contributed by atoms with Crippen LogP contribution in [0.2, 0.25) is 0 Å². The average molecular weight is 285 g/mol. The minimum Gasteiger partial charge on any atom is -0.369 e. The van der Waals surface area contributed by atoms with Crippen molar-refractivity contribution < 1.29 is 9.59 Å². The molecule has 0 aromatic carbocycles. The van der Waals surface area contributed by atoms with Crippen LogP contribution in [0.5, 0.6) is 0 Å². The van der Waals surface area contributed by atoms with Gasteiger partial charge in [-0.15, -0.1) is 11.3 Å². The number of nitrogens with zero attached hydrogens (tertiary/aromatic N) is 2. The van der Waals surface area contributed by atoms with Crippen molar-refractivity contribution in [1.29, 1.82) is 0 Å². The second kappa shape index (κ2) is 7.17. The zero-order valence-electron chi connectivity index (χ0n) is 11.0. The Balaban J connectivity index is 2.69. The molecule has 0 aliphatic rings. The SMILES string of the molecule is CC(C)CN(CC(N)=O)Cc1csc(C(=O)NN)n1. The molecule has 1 rings (SSSR count). The molecule has 0 saturated heterocycles. The van der Waals surface area contributed by atoms with Gasteiger partial charge in [0.25, 0.3) is 5.91 Å². The monoisotopic (exact) mass is 285 g/mol. The number of nitrogens with one attached hydrogen (secondary N) is 1. The fourth-order valence-corrected chi connectivity index (χ4v) is 2.41. The lowest BCUT2D eigenvalue weighted by molar-refractivity contribution is -0.119. The number of carbonyl (C=O) groups excluding carboxylic acids is 2. The van der Waals surface area contributed by atoms with Crippen LogP contribution in [0.1, 0.15) is 29.3 Å². The van der Waals surface area contributed by atoms with E-state index in [-0.39, 0.29) is 12.5 Å². The average Bonchev–Trinajstić information content (AvgIpc) is 2.74. The molecule has 0 bridgehead atoms. The molecule has 1 aromatic heterocycles. The third-order valence-electron chi connectivity index (χ3n) is 2.27. The van der Waals surface area contributed by atoms with Gasteiger partial charge in [0.1, 0.15) is 0 Å². The molecule has 0 unspecified atom stereocenters. The Bertz CT molecular complexity index is 446. The van der Waals surface area contributed by atoms with Crippen LogP contribution in [0.4, 0.5) is 0 Å². The Labute approximate surface area is 115 Å². The smallest absolute Gasteiger partial charge is 0.294 e. The van der Waals surface area contributed by atoms with Gasteiger partial charge in [-0.3, -0.25) is 19.9 Å². The van der Waals surface area contributed by atoms with E-state index in [1.165, 1.54) is 11.3 Å². The highest BCUT2D eigenvalue weighted by molar-refractivity contribution is 7.11. The third-order valence-corrected chi connectivity index (χ3v) is 3.16. The van der Waals surface area contributed by atoms with Gasteiger partial charge in [0, 0.05) is 18.5 Å². The number of hydrogen-bond acceptors (Lipinski definition) is 6. The largest absolute Gasteiger partial charge is 0.369 e. The van der Waals surface area contributed by atoms with Crippen LogP contribution in [0, 0.1) is 5.92 Å². The lowest BCUT2D eigenvalue weighted by Gasteiger charge is -2.21. The summed E-state index contributed by atoms with van der Waals surface area (Å²) >= 11 is 1.22. The quantitative estimate of drug-likeness (QED) is 0.361. The molecule has 2 amide bonds. The van der Waals surface area contributed by atoms with E-state index in [1.807, 2.05) is 10.3 Å². The lowest BCUT2D eigenvalue weighted by Crippen LogP contribution is -2.36. The van der Waals surface area contributed by atoms with Crippen LogP contribution in [0.3, 0.4) is 0 Å². The lowest BCUT2D eigenvalue weighted by atomic mass is 10.2. The molecular formula is C11H19N5O2S. The molecule has 19 heavy (non-hydrogen) atoms. The van der Waals surface area contributed by atoms with Gasteiger partial charge in [-0.2, -0.15) is 0 Å². The number of amides is 2. The zero-order valence-corrected chi connectivity index (χ0v) is 11.9. The minimum absolute atomic E-state index is 0.175. The summed E-state index contributed by atoms with van der Waals surface area (Å²) in [6, 6.07) is 0. The van der Waals surface area contributed by atoms with Crippen molar-refractivity contribution >= 4 is 23.2 Å². The summed E-state index contributed by atoms with van der Waals surface area (Å²) in [6.07, 6.45) is 0. The first-order valence-corrected chi connectivity index (χ1v) is 6.76. The van der Waals surface area contributed by atoms with Gasteiger partial charge in [0.2, 0.25) is 5.91 Å². The predicted octanol–water partition coefficient (Wildman–Crippen LogP) is -0.310. The summed E-state index contributed by atoms with van der Waals surface area (Å²) in [6.45, 7) is 5.51. The van der Waals surface area contributed by atoms with E-state index in [0.29, 0.717) is 17.5 Å². The highest BCUT2D eigenvalue weighted by atomic mass is 32.1. The molecule has 0 atom stereocenters. The number of nitrogens with two attached hydrogens (primary N) is 2. The first kappa shape index (κ1) is 15.5. The number of rotatable bonds is 7. The van der Waals surface area contributed by atoms with Crippen molar-refractivity contribution in [3.63, 3.8) is 0 Å². The molecule has 0 spiro atoms. The maximum atomic E-state index is 11.3. The fourth-order valence-electron chi connectivity index (χ4n) is 1.70. The molecule has 1 aromatic rings. The summed E-state index contributed by atoms with van der Waals surface area (Å²) in [5, 5.41) is 2.08. The maximum Gasteiger partial charge on any atom is 0.294 e. The van der Waals surface area contributed by atoms with Gasteiger partial charge >= 0.3 is 0 Å². The normalized spacial score (nSPS) is 11.0. The first-order chi connectivity index (χ1) is 8.92. The van der Waals surface area contributed by atoms with E-state index in [1.54, 1.807) is 5.38 Å². The highest BCUT2D eigenvalue weighted by Gasteiger charge is 2.15. The molecular weight excluding hydrogens is 266 g/mol. The van der Waals surface area contributed by atoms with Crippen LogP contribution in [-0.2, 0) is 11.3 Å². The molecule has 0 aliphatic heterocycles. The van der Waals surface area contributed by atoms with Gasteiger partial charge in [-0.05, 0) is 5.92 Å². The molecule has 0 radical (unpaired) electrons. The predicted molar refractivity (Wildman–Crippen MR) is 73.1 cm³/mol. The molecule has 8 heteroatoms. The van der Waals surface area contributed by atoms with Gasteiger partial charge in [-0.25, -0.2) is 10.8 Å². The first-order valence-electron chi connectivity index (χ1n) is 5.88. The van der Waals surface area contributed by atoms with E-state index in [2.05, 4.69) is 18.8 Å². The van der Waals surface area contributed by atoms with Crippen molar-refractivity contribution in [2.24, 2.45) is 17.5 Å². The molecule has 0 saturated carbocycles. The summed E-state index contributed by atoms with van der Waals surface area (Å²) in [5.74, 6) is 4.66. The molecule has 1 heterocycles. The number of carbonyl (C=O) groups is 2. The Kier molecular flexibility index (Phi) is 5.87. The number of thiazole rings is 1. The van der Waals surface area contributed by atoms with Gasteiger partial charge < -0.3 is 5.73 Å². The van der Waals surface area contributed by atoms with Gasteiger partial charge in [0.15, 0.2) is 5.01 Å². The molecule has 106 valence electrons. The molecule has 0 aliphatic carbocycles. The van der Waals surface area contributed by atoms with Crippen molar-refractivity contribution in [1.82, 2.24) is 15.3 Å². The molecule has 7 nitrogen and oxygen atoms in total. The zero-order chi connectivity index (χ0) is 14.4. The van der Waals surface area contributed by atoms with Gasteiger partial charge in [0.05, 0.1) is 12.2 Å². The second-order valence-electron chi connectivity index (χ2n) is 4.65. The van der Waals surface area contributed by atoms with Crippen molar-refractivity contribution in [3.8, 4) is 0 Å². The molecule has 5 N–H and O–H groups in total. The number of hydrazine groups is 1. The number of hydrogen-bond donors (Lipinski definition) is 3. The summed E-state index contributed by atoms with van der Waals surface area (Å²) in [4.78, 5) is 28.4. The summed E-state index contributed by atoms with van der Waals surface area (Å²) in [7, 11) is 0. The Hall–Kier alpha value is -1.51. The van der Waals surface area contributed by atoms with Crippen molar-refractivity contribution in [2.45, 2.75) is 20.4 Å². The number of aromatic nitrogens is 1. The second-order valence-corrected chi connectivity index (χ2v) is 5.51. The number of primary amides is 1. The number of nitrogen functional groups attached to an aromatic ring is 1. The Morgan fingerprint density at radius 2 is 2.21 bits per heavy atom. The van der Waals surface area contributed by atoms with E-state index < -0.39 is 5.91 Å². The van der Waals surface area contributed by atoms with Crippen LogP contribution in [0.25, 0.3) is 0 Å². The van der Waals surface area contributed by atoms with Crippen LogP contribution in [-0.4, -0.2) is 34.8 Å². The van der Waals surface area contributed by atoms with Crippen LogP contribution < -0.4 is 17.0 Å².